The van der Waals surface area contributed by atoms with E-state index >= 15 is 0 Å². The molecule has 0 unspecified atom stereocenters. The molecule has 0 fully saturated rings. The zero-order chi connectivity index (χ0) is 31.1. The van der Waals surface area contributed by atoms with Crippen molar-refractivity contribution >= 4 is 67.7 Å². The van der Waals surface area contributed by atoms with Crippen LogP contribution in [0.2, 0.25) is 0 Å². The molecule has 0 radical (unpaired) electrons. The van der Waals surface area contributed by atoms with E-state index in [0.29, 0.717) is 45.9 Å². The van der Waals surface area contributed by atoms with Gasteiger partial charge in [0.15, 0.2) is 23.3 Å². The number of H-pyrrole nitrogens is 2. The fourth-order valence-corrected chi connectivity index (χ4v) is 7.85. The summed E-state index contributed by atoms with van der Waals surface area (Å²) in [6.45, 7) is 4.19. The summed E-state index contributed by atoms with van der Waals surface area (Å²) in [5.41, 5.74) is 8.81. The van der Waals surface area contributed by atoms with Crippen LogP contribution in [0.25, 0.3) is 89.7 Å². The van der Waals surface area contributed by atoms with Crippen molar-refractivity contribution in [2.45, 2.75) is 23.6 Å². The molecular formula is C36H26N8S2. The summed E-state index contributed by atoms with van der Waals surface area (Å²) >= 11 is 3.35. The van der Waals surface area contributed by atoms with Crippen molar-refractivity contribution in [3.8, 4) is 45.6 Å². The van der Waals surface area contributed by atoms with E-state index in [4.69, 9.17) is 29.9 Å². The standard InChI is InChI=1S/C36H26N8S2/c1-17-9-5-11-19-25(17)34-38-29(19)37-33-26-18(2)10-6-12-20(26)30(39-33)41-35-28-22(14-8-16-24(28)46-4)32(43-35)44-36-27-21(31(40-34)42-36)13-7-15-23(27)45-3/h5-16H,1-4H3,(H2,37,38,39,40,41,42,43,44). The maximum atomic E-state index is 5.21. The SMILES string of the molecule is CSc1cccc2c1-c1nc-2nc2[nH]c(nc3nc(nc4[nH]c(n1)c1cccc(C)c41)-c1cccc(C)c1-3)c1cccc(SC)c21. The van der Waals surface area contributed by atoms with E-state index < -0.39 is 0 Å². The molecule has 7 aromatic rings. The van der Waals surface area contributed by atoms with Gasteiger partial charge < -0.3 is 9.97 Å². The van der Waals surface area contributed by atoms with Crippen LogP contribution >= 0.6 is 23.5 Å². The maximum Gasteiger partial charge on any atom is 0.165 e. The van der Waals surface area contributed by atoms with Crippen LogP contribution in [0.15, 0.2) is 82.6 Å². The lowest BCUT2D eigenvalue weighted by Gasteiger charge is -2.04. The predicted molar refractivity (Wildman–Crippen MR) is 189 cm³/mol. The van der Waals surface area contributed by atoms with Gasteiger partial charge in [-0.05, 0) is 49.6 Å². The molecule has 3 aromatic heterocycles. The van der Waals surface area contributed by atoms with Gasteiger partial charge in [0.2, 0.25) is 0 Å². The summed E-state index contributed by atoms with van der Waals surface area (Å²) in [6, 6.07) is 24.9. The van der Waals surface area contributed by atoms with E-state index in [9.17, 15) is 0 Å². The Hall–Kier alpha value is -5.06. The second kappa shape index (κ2) is 10.2. The number of rotatable bonds is 2. The quantitative estimate of drug-likeness (QED) is 0.182. The minimum absolute atomic E-state index is 0.606. The predicted octanol–water partition coefficient (Wildman–Crippen LogP) is 8.93. The van der Waals surface area contributed by atoms with Gasteiger partial charge in [0, 0.05) is 53.6 Å². The van der Waals surface area contributed by atoms with Crippen LogP contribution in [0.1, 0.15) is 11.1 Å². The van der Waals surface area contributed by atoms with Crippen LogP contribution in [-0.2, 0) is 0 Å². The number of fused-ring (bicyclic) bond motifs is 20. The van der Waals surface area contributed by atoms with E-state index in [1.54, 1.807) is 23.5 Å². The van der Waals surface area contributed by atoms with Crippen molar-refractivity contribution < 1.29 is 0 Å². The first-order valence-electron chi connectivity index (χ1n) is 14.9. The molecule has 9 rings (SSSR count). The second-order valence-corrected chi connectivity index (χ2v) is 13.1. The van der Waals surface area contributed by atoms with Crippen LogP contribution in [0.3, 0.4) is 0 Å². The number of benzene rings is 4. The lowest BCUT2D eigenvalue weighted by molar-refractivity contribution is 1.19. The molecule has 0 spiro atoms. The van der Waals surface area contributed by atoms with E-state index in [-0.39, 0.29) is 0 Å². The number of nitrogens with zero attached hydrogens (tertiary/aromatic N) is 6. The van der Waals surface area contributed by atoms with Crippen molar-refractivity contribution in [2.24, 2.45) is 0 Å². The van der Waals surface area contributed by atoms with Crippen LogP contribution in [0.5, 0.6) is 0 Å². The van der Waals surface area contributed by atoms with Crippen LogP contribution in [-0.4, -0.2) is 52.4 Å². The Bertz CT molecular complexity index is 2600. The molecule has 5 heterocycles. The van der Waals surface area contributed by atoms with Crippen molar-refractivity contribution in [1.82, 2.24) is 39.9 Å². The van der Waals surface area contributed by atoms with Crippen LogP contribution in [0, 0.1) is 13.8 Å². The summed E-state index contributed by atoms with van der Waals surface area (Å²) in [7, 11) is 0. The van der Waals surface area contributed by atoms with E-state index in [0.717, 1.165) is 64.7 Å². The second-order valence-electron chi connectivity index (χ2n) is 11.4. The molecule has 4 aromatic carbocycles. The van der Waals surface area contributed by atoms with Crippen molar-refractivity contribution in [2.75, 3.05) is 12.5 Å². The Balaban J connectivity index is 1.53. The zero-order valence-electron chi connectivity index (χ0n) is 25.4. The van der Waals surface area contributed by atoms with Gasteiger partial charge >= 0.3 is 0 Å². The molecule has 0 aliphatic carbocycles. The largest absolute Gasteiger partial charge is 0.324 e. The molecule has 8 bridgehead atoms. The molecule has 46 heavy (non-hydrogen) atoms. The highest BCUT2D eigenvalue weighted by Crippen LogP contribution is 2.42. The fourth-order valence-electron chi connectivity index (χ4n) is 6.61. The van der Waals surface area contributed by atoms with Gasteiger partial charge in [-0.2, -0.15) is 0 Å². The summed E-state index contributed by atoms with van der Waals surface area (Å²) in [4.78, 5) is 40.2. The normalized spacial score (nSPS) is 12.1. The zero-order valence-corrected chi connectivity index (χ0v) is 27.1. The lowest BCUT2D eigenvalue weighted by Crippen LogP contribution is -1.86. The van der Waals surface area contributed by atoms with Gasteiger partial charge in [-0.1, -0.05) is 60.7 Å². The third-order valence-electron chi connectivity index (χ3n) is 8.72. The summed E-state index contributed by atoms with van der Waals surface area (Å²) in [5, 5.41) is 3.95. The lowest BCUT2D eigenvalue weighted by atomic mass is 10.0. The van der Waals surface area contributed by atoms with E-state index in [1.807, 2.05) is 6.07 Å². The van der Waals surface area contributed by atoms with Gasteiger partial charge in [0.25, 0.3) is 0 Å². The average molecular weight is 635 g/mol. The minimum atomic E-state index is 0.606. The Morgan fingerprint density at radius 3 is 1.65 bits per heavy atom. The van der Waals surface area contributed by atoms with Gasteiger partial charge in [-0.25, -0.2) is 29.9 Å². The highest BCUT2D eigenvalue weighted by Gasteiger charge is 2.25. The van der Waals surface area contributed by atoms with E-state index in [1.165, 1.54) is 0 Å². The van der Waals surface area contributed by atoms with Gasteiger partial charge in [-0.15, -0.1) is 23.5 Å². The van der Waals surface area contributed by atoms with Crippen LogP contribution < -0.4 is 0 Å². The molecule has 0 saturated carbocycles. The van der Waals surface area contributed by atoms with Gasteiger partial charge in [0.1, 0.15) is 22.6 Å². The Kier molecular flexibility index (Phi) is 6.06. The number of hydrogen-bond acceptors (Lipinski definition) is 8. The molecule has 2 aliphatic rings. The molecule has 8 nitrogen and oxygen atoms in total. The smallest absolute Gasteiger partial charge is 0.165 e. The molecule has 0 atom stereocenters. The molecule has 2 N–H and O–H groups in total. The number of aromatic amines is 2. The Morgan fingerprint density at radius 1 is 0.457 bits per heavy atom. The first kappa shape index (κ1) is 27.3. The summed E-state index contributed by atoms with van der Waals surface area (Å²) in [6.07, 6.45) is 4.15. The highest BCUT2D eigenvalue weighted by molar-refractivity contribution is 7.99. The molecular weight excluding hydrogens is 609 g/mol. The molecule has 0 amide bonds. The third kappa shape index (κ3) is 3.96. The first-order chi connectivity index (χ1) is 22.5. The fraction of sp³-hybridized carbons (Fsp3) is 0.111. The van der Waals surface area contributed by atoms with Crippen molar-refractivity contribution in [3.63, 3.8) is 0 Å². The number of hydrogen-bond donors (Lipinski definition) is 2. The van der Waals surface area contributed by atoms with Crippen molar-refractivity contribution in [1.29, 1.82) is 0 Å². The highest BCUT2D eigenvalue weighted by atomic mass is 32.2. The third-order valence-corrected chi connectivity index (χ3v) is 10.3. The minimum Gasteiger partial charge on any atom is -0.324 e. The summed E-state index contributed by atoms with van der Waals surface area (Å²) < 4.78 is 0. The topological polar surface area (TPSA) is 109 Å². The summed E-state index contributed by atoms with van der Waals surface area (Å²) in [5.74, 6) is 2.44. The van der Waals surface area contributed by atoms with Crippen LogP contribution in [0.4, 0.5) is 0 Å². The maximum absolute atomic E-state index is 5.21. The van der Waals surface area contributed by atoms with Gasteiger partial charge in [-0.3, -0.25) is 0 Å². The molecule has 222 valence electrons. The van der Waals surface area contributed by atoms with E-state index in [2.05, 4.69) is 103 Å². The number of nitrogens with one attached hydrogen (secondary N) is 2. The Labute approximate surface area is 272 Å². The number of thioether (sulfide) groups is 2. The molecule has 2 aliphatic heterocycles. The number of aromatic nitrogens is 8. The molecule has 10 heteroatoms. The monoisotopic (exact) mass is 634 g/mol. The first-order valence-corrected chi connectivity index (χ1v) is 17.3. The van der Waals surface area contributed by atoms with Crippen molar-refractivity contribution in [3.05, 3.63) is 83.9 Å². The number of aryl methyl sites for hydroxylation is 2. The van der Waals surface area contributed by atoms with Gasteiger partial charge in [0.05, 0.1) is 0 Å². The molecule has 0 saturated heterocycles. The average Bonchev–Trinajstić information content (AvgIpc) is 3.80. The Morgan fingerprint density at radius 2 is 0.957 bits per heavy atom.